The average Bonchev–Trinajstić information content (AvgIpc) is 2.59. The number of nitrogens with zero attached hydrogens (tertiary/aromatic N) is 1. The van der Waals surface area contributed by atoms with Crippen LogP contribution in [0.1, 0.15) is 38.2 Å². The van der Waals surface area contributed by atoms with E-state index in [0.717, 1.165) is 5.69 Å². The number of hydrogen-bond donors (Lipinski definition) is 1. The molecule has 2 aromatic carbocycles. The van der Waals surface area contributed by atoms with Gasteiger partial charge in [0.25, 0.3) is 0 Å². The zero-order valence-corrected chi connectivity index (χ0v) is 14.4. The van der Waals surface area contributed by atoms with Crippen LogP contribution in [0.4, 0.5) is 11.4 Å². The third-order valence-corrected chi connectivity index (χ3v) is 3.73. The largest absolute Gasteiger partial charge is 0.487 e. The molecular weight excluding hydrogens is 320 g/mol. The fraction of sp³-hybridized carbons (Fsp3) is 0.316. The first-order chi connectivity index (χ1) is 12.0. The third-order valence-electron chi connectivity index (χ3n) is 3.73. The number of nitro groups is 1. The molecule has 25 heavy (non-hydrogen) atoms. The number of nitro benzene ring substituents is 1. The highest BCUT2D eigenvalue weighted by molar-refractivity contribution is 5.90. The zero-order valence-electron chi connectivity index (χ0n) is 14.4. The van der Waals surface area contributed by atoms with Crippen LogP contribution in [0.15, 0.2) is 48.5 Å². The maximum absolute atomic E-state index is 11.9. The molecule has 1 N–H and O–H groups in total. The number of hydrogen-bond acceptors (Lipinski definition) is 4. The second-order valence-corrected chi connectivity index (χ2v) is 6.00. The first-order valence-corrected chi connectivity index (χ1v) is 8.23. The van der Waals surface area contributed by atoms with E-state index >= 15 is 0 Å². The molecule has 0 heterocycles. The topological polar surface area (TPSA) is 81.5 Å². The predicted octanol–water partition coefficient (Wildman–Crippen LogP) is 4.52. The van der Waals surface area contributed by atoms with Crippen LogP contribution in [-0.2, 0) is 4.79 Å². The number of amides is 1. The van der Waals surface area contributed by atoms with Gasteiger partial charge in [-0.3, -0.25) is 14.9 Å². The summed E-state index contributed by atoms with van der Waals surface area (Å²) in [5.74, 6) is 0.560. The monoisotopic (exact) mass is 342 g/mol. The van der Waals surface area contributed by atoms with E-state index in [1.165, 1.54) is 11.6 Å². The highest BCUT2D eigenvalue weighted by atomic mass is 16.6. The maximum Gasteiger partial charge on any atom is 0.310 e. The second kappa shape index (κ2) is 8.82. The molecule has 0 aliphatic carbocycles. The van der Waals surface area contributed by atoms with Crippen LogP contribution < -0.4 is 10.1 Å². The fourth-order valence-electron chi connectivity index (χ4n) is 2.32. The van der Waals surface area contributed by atoms with Gasteiger partial charge in [-0.05, 0) is 36.1 Å². The van der Waals surface area contributed by atoms with Crippen LogP contribution in [0.3, 0.4) is 0 Å². The Morgan fingerprint density at radius 3 is 2.48 bits per heavy atom. The van der Waals surface area contributed by atoms with Crippen LogP contribution in [0.5, 0.6) is 5.75 Å². The number of anilines is 1. The van der Waals surface area contributed by atoms with Gasteiger partial charge >= 0.3 is 5.69 Å². The summed E-state index contributed by atoms with van der Waals surface area (Å²) in [6.45, 7) is 4.47. The summed E-state index contributed by atoms with van der Waals surface area (Å²) in [4.78, 5) is 22.4. The van der Waals surface area contributed by atoms with Gasteiger partial charge in [-0.25, -0.2) is 0 Å². The van der Waals surface area contributed by atoms with Crippen molar-refractivity contribution in [2.75, 3.05) is 11.9 Å². The predicted molar refractivity (Wildman–Crippen MR) is 97.0 cm³/mol. The lowest BCUT2D eigenvalue weighted by Gasteiger charge is -2.09. The Morgan fingerprint density at radius 1 is 1.16 bits per heavy atom. The number of para-hydroxylation sites is 2. The number of carbonyl (C=O) groups is 1. The Morgan fingerprint density at radius 2 is 1.84 bits per heavy atom. The van der Waals surface area contributed by atoms with Crippen molar-refractivity contribution >= 4 is 17.3 Å². The Labute approximate surface area is 147 Å². The highest BCUT2D eigenvalue weighted by Gasteiger charge is 2.13. The standard InChI is InChI=1S/C19H22N2O4/c1-14(2)15-9-11-16(12-10-15)20-19(22)8-5-13-25-18-7-4-3-6-17(18)21(23)24/h3-4,6-7,9-12,14H,5,8,13H2,1-2H3,(H,20,22). The van der Waals surface area contributed by atoms with Crippen molar-refractivity contribution in [3.05, 3.63) is 64.2 Å². The second-order valence-electron chi connectivity index (χ2n) is 6.00. The maximum atomic E-state index is 11.9. The summed E-state index contributed by atoms with van der Waals surface area (Å²) in [5, 5.41) is 13.7. The van der Waals surface area contributed by atoms with Crippen LogP contribution in [0.2, 0.25) is 0 Å². The molecule has 2 aromatic rings. The quantitative estimate of drug-likeness (QED) is 0.434. The third kappa shape index (κ3) is 5.60. The Kier molecular flexibility index (Phi) is 6.51. The minimum atomic E-state index is -0.483. The number of benzene rings is 2. The molecule has 0 saturated heterocycles. The van der Waals surface area contributed by atoms with Crippen molar-refractivity contribution in [3.63, 3.8) is 0 Å². The number of carbonyl (C=O) groups excluding carboxylic acids is 1. The molecule has 0 bridgehead atoms. The van der Waals surface area contributed by atoms with Gasteiger partial charge in [-0.2, -0.15) is 0 Å². The summed E-state index contributed by atoms with van der Waals surface area (Å²) in [5.41, 5.74) is 1.90. The molecule has 1 amide bonds. The first-order valence-electron chi connectivity index (χ1n) is 8.23. The molecule has 0 aliphatic rings. The molecule has 0 unspecified atom stereocenters. The smallest absolute Gasteiger partial charge is 0.310 e. The van der Waals surface area contributed by atoms with E-state index < -0.39 is 4.92 Å². The molecule has 132 valence electrons. The summed E-state index contributed by atoms with van der Waals surface area (Å²) in [6, 6.07) is 14.0. The molecule has 0 fully saturated rings. The van der Waals surface area contributed by atoms with Crippen molar-refractivity contribution < 1.29 is 14.5 Å². The molecule has 0 aromatic heterocycles. The van der Waals surface area contributed by atoms with Gasteiger partial charge in [-0.1, -0.05) is 38.1 Å². The molecule has 0 spiro atoms. The zero-order chi connectivity index (χ0) is 18.2. The van der Waals surface area contributed by atoms with Crippen LogP contribution in [-0.4, -0.2) is 17.4 Å². The lowest BCUT2D eigenvalue weighted by Crippen LogP contribution is -2.13. The van der Waals surface area contributed by atoms with Gasteiger partial charge in [0.05, 0.1) is 11.5 Å². The van der Waals surface area contributed by atoms with Crippen molar-refractivity contribution in [1.82, 2.24) is 0 Å². The Balaban J connectivity index is 1.76. The summed E-state index contributed by atoms with van der Waals surface area (Å²) < 4.78 is 5.42. The molecular formula is C19H22N2O4. The van der Waals surface area contributed by atoms with Crippen molar-refractivity contribution in [2.45, 2.75) is 32.6 Å². The summed E-state index contributed by atoms with van der Waals surface area (Å²) >= 11 is 0. The van der Waals surface area contributed by atoms with Gasteiger partial charge in [0, 0.05) is 18.2 Å². The number of nitrogens with one attached hydrogen (secondary N) is 1. The van der Waals surface area contributed by atoms with E-state index in [4.69, 9.17) is 4.74 Å². The van der Waals surface area contributed by atoms with E-state index in [-0.39, 0.29) is 30.4 Å². The van der Waals surface area contributed by atoms with Crippen molar-refractivity contribution in [2.24, 2.45) is 0 Å². The van der Waals surface area contributed by atoms with Gasteiger partial charge in [0.15, 0.2) is 5.75 Å². The molecule has 0 radical (unpaired) electrons. The molecule has 0 saturated carbocycles. The number of ether oxygens (including phenoxy) is 1. The molecule has 0 aliphatic heterocycles. The molecule has 0 atom stereocenters. The Bertz CT molecular complexity index is 726. The number of rotatable bonds is 8. The summed E-state index contributed by atoms with van der Waals surface area (Å²) in [7, 11) is 0. The highest BCUT2D eigenvalue weighted by Crippen LogP contribution is 2.25. The van der Waals surface area contributed by atoms with Crippen molar-refractivity contribution in [3.8, 4) is 5.75 Å². The first kappa shape index (κ1) is 18.4. The van der Waals surface area contributed by atoms with E-state index in [1.807, 2.05) is 24.3 Å². The minimum absolute atomic E-state index is 0.0720. The molecule has 2 rings (SSSR count). The van der Waals surface area contributed by atoms with Gasteiger partial charge in [0.1, 0.15) is 0 Å². The fourth-order valence-corrected chi connectivity index (χ4v) is 2.32. The van der Waals surface area contributed by atoms with E-state index in [2.05, 4.69) is 19.2 Å². The minimum Gasteiger partial charge on any atom is -0.487 e. The van der Waals surface area contributed by atoms with Gasteiger partial charge in [0.2, 0.25) is 5.91 Å². The average molecular weight is 342 g/mol. The SMILES string of the molecule is CC(C)c1ccc(NC(=O)CCCOc2ccccc2[N+](=O)[O-])cc1. The van der Waals surface area contributed by atoms with Crippen LogP contribution >= 0.6 is 0 Å². The van der Waals surface area contributed by atoms with E-state index in [9.17, 15) is 14.9 Å². The normalized spacial score (nSPS) is 10.5. The van der Waals surface area contributed by atoms with Gasteiger partial charge in [-0.15, -0.1) is 0 Å². The lowest BCUT2D eigenvalue weighted by molar-refractivity contribution is -0.385. The van der Waals surface area contributed by atoms with Crippen LogP contribution in [0.25, 0.3) is 0 Å². The Hall–Kier alpha value is -2.89. The van der Waals surface area contributed by atoms with E-state index in [1.54, 1.807) is 18.2 Å². The van der Waals surface area contributed by atoms with Crippen molar-refractivity contribution in [1.29, 1.82) is 0 Å². The molecule has 6 nitrogen and oxygen atoms in total. The lowest BCUT2D eigenvalue weighted by atomic mass is 10.0. The summed E-state index contributed by atoms with van der Waals surface area (Å²) in [6.07, 6.45) is 0.758. The van der Waals surface area contributed by atoms with E-state index in [0.29, 0.717) is 12.3 Å². The molecule has 6 heteroatoms. The van der Waals surface area contributed by atoms with Crippen LogP contribution in [0, 0.1) is 10.1 Å². The van der Waals surface area contributed by atoms with Gasteiger partial charge < -0.3 is 10.1 Å².